The number of aliphatic hydroxyl groups excluding tert-OH is 1. The van der Waals surface area contributed by atoms with Crippen molar-refractivity contribution in [1.82, 2.24) is 9.78 Å². The highest BCUT2D eigenvalue weighted by atomic mass is 16.3. The molecule has 3 heteroatoms. The quantitative estimate of drug-likeness (QED) is 0.584. The zero-order valence-electron chi connectivity index (χ0n) is 5.63. The van der Waals surface area contributed by atoms with Gasteiger partial charge in [-0.25, -0.2) is 0 Å². The van der Waals surface area contributed by atoms with Crippen molar-refractivity contribution in [2.45, 2.75) is 13.5 Å². The Morgan fingerprint density at radius 3 is 2.67 bits per heavy atom. The Kier molecular flexibility index (Phi) is 1.53. The van der Waals surface area contributed by atoms with Gasteiger partial charge in [0.1, 0.15) is 0 Å². The van der Waals surface area contributed by atoms with E-state index in [1.54, 1.807) is 10.9 Å². The molecule has 0 aromatic carbocycles. The summed E-state index contributed by atoms with van der Waals surface area (Å²) in [6.07, 6.45) is 1.68. The third kappa shape index (κ3) is 0.954. The van der Waals surface area contributed by atoms with Gasteiger partial charge < -0.3 is 5.11 Å². The third-order valence-electron chi connectivity index (χ3n) is 1.51. The first-order valence-electron chi connectivity index (χ1n) is 2.84. The average molecular weight is 126 g/mol. The van der Waals surface area contributed by atoms with Crippen molar-refractivity contribution in [3.63, 3.8) is 0 Å². The van der Waals surface area contributed by atoms with Crippen molar-refractivity contribution in [1.29, 1.82) is 0 Å². The van der Waals surface area contributed by atoms with E-state index >= 15 is 0 Å². The highest BCUT2D eigenvalue weighted by Gasteiger charge is 1.99. The molecule has 0 amide bonds. The SMILES string of the molecule is Cc1c(CO)cnn1C. The first kappa shape index (κ1) is 6.29. The standard InChI is InChI=1S/C6H10N2O/c1-5-6(4-9)3-7-8(5)2/h3,9H,4H2,1-2H3. The van der Waals surface area contributed by atoms with Gasteiger partial charge in [0.05, 0.1) is 12.8 Å². The van der Waals surface area contributed by atoms with Crippen molar-refractivity contribution in [2.24, 2.45) is 7.05 Å². The maximum absolute atomic E-state index is 8.68. The number of aliphatic hydroxyl groups is 1. The fourth-order valence-electron chi connectivity index (χ4n) is 0.699. The molecule has 0 radical (unpaired) electrons. The van der Waals surface area contributed by atoms with Crippen LogP contribution in [0.25, 0.3) is 0 Å². The lowest BCUT2D eigenvalue weighted by atomic mass is 10.3. The molecule has 0 saturated carbocycles. The second kappa shape index (κ2) is 2.19. The van der Waals surface area contributed by atoms with Crippen molar-refractivity contribution in [3.05, 3.63) is 17.5 Å². The van der Waals surface area contributed by atoms with Gasteiger partial charge in [0, 0.05) is 18.3 Å². The number of aryl methyl sites for hydroxylation is 1. The number of aromatic nitrogens is 2. The Morgan fingerprint density at radius 2 is 2.44 bits per heavy atom. The van der Waals surface area contributed by atoms with Crippen molar-refractivity contribution in [2.75, 3.05) is 0 Å². The van der Waals surface area contributed by atoms with E-state index in [-0.39, 0.29) is 6.61 Å². The number of hydrogen-bond acceptors (Lipinski definition) is 2. The van der Waals surface area contributed by atoms with Crippen LogP contribution in [-0.4, -0.2) is 14.9 Å². The third-order valence-corrected chi connectivity index (χ3v) is 1.51. The van der Waals surface area contributed by atoms with E-state index in [4.69, 9.17) is 5.11 Å². The van der Waals surface area contributed by atoms with Crippen molar-refractivity contribution >= 4 is 0 Å². The Morgan fingerprint density at radius 1 is 1.78 bits per heavy atom. The summed E-state index contributed by atoms with van der Waals surface area (Å²) in [6.45, 7) is 2.01. The Hall–Kier alpha value is -0.830. The van der Waals surface area contributed by atoms with Gasteiger partial charge in [-0.2, -0.15) is 5.10 Å². The predicted molar refractivity (Wildman–Crippen MR) is 33.9 cm³/mol. The van der Waals surface area contributed by atoms with Crippen LogP contribution in [0.4, 0.5) is 0 Å². The van der Waals surface area contributed by atoms with Crippen LogP contribution >= 0.6 is 0 Å². The molecule has 1 N–H and O–H groups in total. The minimum atomic E-state index is 0.0830. The van der Waals surface area contributed by atoms with Crippen LogP contribution in [0.5, 0.6) is 0 Å². The summed E-state index contributed by atoms with van der Waals surface area (Å²) in [5.74, 6) is 0. The molecule has 0 aliphatic heterocycles. The molecular weight excluding hydrogens is 116 g/mol. The lowest BCUT2D eigenvalue weighted by Crippen LogP contribution is -1.93. The Labute approximate surface area is 53.9 Å². The second-order valence-corrected chi connectivity index (χ2v) is 2.04. The topological polar surface area (TPSA) is 38.1 Å². The normalized spacial score (nSPS) is 10.1. The maximum atomic E-state index is 8.68. The molecule has 1 rings (SSSR count). The molecule has 0 fully saturated rings. The summed E-state index contributed by atoms with van der Waals surface area (Å²) in [4.78, 5) is 0. The van der Waals surface area contributed by atoms with Crippen LogP contribution < -0.4 is 0 Å². The first-order valence-corrected chi connectivity index (χ1v) is 2.84. The lowest BCUT2D eigenvalue weighted by molar-refractivity contribution is 0.281. The summed E-state index contributed by atoms with van der Waals surface area (Å²) < 4.78 is 1.74. The molecule has 1 heterocycles. The van der Waals surface area contributed by atoms with Crippen molar-refractivity contribution in [3.8, 4) is 0 Å². The molecule has 1 aromatic heterocycles. The predicted octanol–water partition coefficient (Wildman–Crippen LogP) is 0.221. The van der Waals surface area contributed by atoms with Gasteiger partial charge in [-0.15, -0.1) is 0 Å². The van der Waals surface area contributed by atoms with E-state index in [1.807, 2.05) is 14.0 Å². The molecule has 0 aliphatic rings. The highest BCUT2D eigenvalue weighted by molar-refractivity contribution is 5.13. The van der Waals surface area contributed by atoms with Crippen LogP contribution in [0.2, 0.25) is 0 Å². The van der Waals surface area contributed by atoms with E-state index in [0.717, 1.165) is 11.3 Å². The van der Waals surface area contributed by atoms with Crippen molar-refractivity contribution < 1.29 is 5.11 Å². The molecule has 0 spiro atoms. The minimum absolute atomic E-state index is 0.0830. The first-order chi connectivity index (χ1) is 4.25. The zero-order valence-corrected chi connectivity index (χ0v) is 5.63. The second-order valence-electron chi connectivity index (χ2n) is 2.04. The number of hydrogen-bond donors (Lipinski definition) is 1. The van der Waals surface area contributed by atoms with Gasteiger partial charge in [0.25, 0.3) is 0 Å². The van der Waals surface area contributed by atoms with Gasteiger partial charge in [-0.05, 0) is 6.92 Å². The van der Waals surface area contributed by atoms with Crippen LogP contribution in [-0.2, 0) is 13.7 Å². The smallest absolute Gasteiger partial charge is 0.0715 e. The number of rotatable bonds is 1. The van der Waals surface area contributed by atoms with Crippen LogP contribution in [0.3, 0.4) is 0 Å². The van der Waals surface area contributed by atoms with Gasteiger partial charge in [0.15, 0.2) is 0 Å². The zero-order chi connectivity index (χ0) is 6.85. The van der Waals surface area contributed by atoms with E-state index in [1.165, 1.54) is 0 Å². The lowest BCUT2D eigenvalue weighted by Gasteiger charge is -1.93. The fourth-order valence-corrected chi connectivity index (χ4v) is 0.699. The Bertz CT molecular complexity index is 205. The van der Waals surface area contributed by atoms with Crippen LogP contribution in [0, 0.1) is 6.92 Å². The molecule has 0 unspecified atom stereocenters. The van der Waals surface area contributed by atoms with Crippen LogP contribution in [0.15, 0.2) is 6.20 Å². The maximum Gasteiger partial charge on any atom is 0.0715 e. The summed E-state index contributed by atoms with van der Waals surface area (Å²) >= 11 is 0. The molecule has 0 saturated heterocycles. The van der Waals surface area contributed by atoms with Crippen LogP contribution in [0.1, 0.15) is 11.3 Å². The molecule has 1 aromatic rings. The molecule has 9 heavy (non-hydrogen) atoms. The highest BCUT2D eigenvalue weighted by Crippen LogP contribution is 2.03. The molecule has 0 atom stereocenters. The van der Waals surface area contributed by atoms with E-state index in [0.29, 0.717) is 0 Å². The Balaban J connectivity index is 3.04. The molecule has 0 aliphatic carbocycles. The number of nitrogens with zero attached hydrogens (tertiary/aromatic N) is 2. The van der Waals surface area contributed by atoms with Gasteiger partial charge in [-0.3, -0.25) is 4.68 Å². The van der Waals surface area contributed by atoms with E-state index < -0.39 is 0 Å². The average Bonchev–Trinajstić information content (AvgIpc) is 2.15. The molecule has 0 bridgehead atoms. The summed E-state index contributed by atoms with van der Waals surface area (Å²) in [7, 11) is 1.86. The van der Waals surface area contributed by atoms with E-state index in [2.05, 4.69) is 5.10 Å². The fraction of sp³-hybridized carbons (Fsp3) is 0.500. The molecule has 50 valence electrons. The largest absolute Gasteiger partial charge is 0.392 e. The minimum Gasteiger partial charge on any atom is -0.392 e. The monoisotopic (exact) mass is 126 g/mol. The van der Waals surface area contributed by atoms with E-state index in [9.17, 15) is 0 Å². The summed E-state index contributed by atoms with van der Waals surface area (Å²) in [5, 5.41) is 12.6. The van der Waals surface area contributed by atoms with Gasteiger partial charge in [0.2, 0.25) is 0 Å². The molecular formula is C6H10N2O. The van der Waals surface area contributed by atoms with Gasteiger partial charge >= 0.3 is 0 Å². The summed E-state index contributed by atoms with van der Waals surface area (Å²) in [6, 6.07) is 0. The van der Waals surface area contributed by atoms with Gasteiger partial charge in [-0.1, -0.05) is 0 Å². The summed E-state index contributed by atoms with van der Waals surface area (Å²) in [5.41, 5.74) is 1.93. The molecule has 3 nitrogen and oxygen atoms in total.